The van der Waals surface area contributed by atoms with Crippen LogP contribution in [0.3, 0.4) is 0 Å². The van der Waals surface area contributed by atoms with Crippen LogP contribution in [-0.2, 0) is 9.53 Å². The molecule has 2 unspecified atom stereocenters. The zero-order valence-electron chi connectivity index (χ0n) is 10.3. The molecule has 2 atom stereocenters. The Morgan fingerprint density at radius 1 is 1.56 bits per heavy atom. The number of aliphatic hydroxyl groups excluding tert-OH is 1. The van der Waals surface area contributed by atoms with E-state index in [4.69, 9.17) is 15.6 Å². The Balaban J connectivity index is 2.69. The molecule has 0 saturated carbocycles. The van der Waals surface area contributed by atoms with Gasteiger partial charge < -0.3 is 20.5 Å². The Labute approximate surface area is 96.6 Å². The lowest BCUT2D eigenvalue weighted by Crippen LogP contribution is -2.54. The predicted octanol–water partition coefficient (Wildman–Crippen LogP) is -0.420. The number of carbonyl (C=O) groups excluding carboxylic acids is 1. The summed E-state index contributed by atoms with van der Waals surface area (Å²) < 4.78 is 5.49. The third kappa shape index (κ3) is 2.93. The second-order valence-corrected chi connectivity index (χ2v) is 5.05. The molecule has 0 aromatic heterocycles. The molecule has 1 aliphatic heterocycles. The summed E-state index contributed by atoms with van der Waals surface area (Å²) in [5.74, 6) is 0.0311. The third-order valence-electron chi connectivity index (χ3n) is 2.91. The fraction of sp³-hybridized carbons (Fsp3) is 0.909. The number of amides is 1. The maximum atomic E-state index is 12.2. The van der Waals surface area contributed by atoms with Gasteiger partial charge in [-0.1, -0.05) is 0 Å². The van der Waals surface area contributed by atoms with Gasteiger partial charge in [-0.2, -0.15) is 0 Å². The van der Waals surface area contributed by atoms with Gasteiger partial charge in [-0.15, -0.1) is 0 Å². The smallest absolute Gasteiger partial charge is 0.229 e. The topological polar surface area (TPSA) is 75.8 Å². The second-order valence-electron chi connectivity index (χ2n) is 5.05. The molecule has 0 aromatic rings. The van der Waals surface area contributed by atoms with Gasteiger partial charge in [0.15, 0.2) is 0 Å². The van der Waals surface area contributed by atoms with Crippen LogP contribution in [0.1, 0.15) is 20.8 Å². The average molecular weight is 230 g/mol. The van der Waals surface area contributed by atoms with E-state index in [9.17, 15) is 4.79 Å². The molecule has 5 heteroatoms. The van der Waals surface area contributed by atoms with Crippen molar-refractivity contribution in [3.63, 3.8) is 0 Å². The van der Waals surface area contributed by atoms with E-state index in [2.05, 4.69) is 0 Å². The molecule has 3 N–H and O–H groups in total. The molecule has 1 heterocycles. The van der Waals surface area contributed by atoms with Crippen LogP contribution in [0.4, 0.5) is 0 Å². The quantitative estimate of drug-likeness (QED) is 0.690. The van der Waals surface area contributed by atoms with Crippen molar-refractivity contribution in [1.29, 1.82) is 0 Å². The van der Waals surface area contributed by atoms with Crippen LogP contribution in [-0.4, -0.2) is 54.4 Å². The highest BCUT2D eigenvalue weighted by molar-refractivity contribution is 5.82. The summed E-state index contributed by atoms with van der Waals surface area (Å²) in [5, 5.41) is 9.08. The van der Waals surface area contributed by atoms with Crippen molar-refractivity contribution in [2.75, 3.05) is 26.2 Å². The number of rotatable bonds is 3. The highest BCUT2D eigenvalue weighted by Crippen LogP contribution is 2.20. The Morgan fingerprint density at radius 2 is 2.19 bits per heavy atom. The number of nitrogens with two attached hydrogens (primary N) is 1. The maximum absolute atomic E-state index is 12.2. The molecule has 0 radical (unpaired) electrons. The molecule has 1 amide bonds. The molecular formula is C11H22N2O3. The number of carbonyl (C=O) groups is 1. The Kier molecular flexibility index (Phi) is 4.29. The van der Waals surface area contributed by atoms with Crippen molar-refractivity contribution in [3.05, 3.63) is 0 Å². The molecule has 5 nitrogen and oxygen atoms in total. The van der Waals surface area contributed by atoms with Crippen LogP contribution in [0, 0.1) is 5.41 Å². The Morgan fingerprint density at radius 3 is 2.69 bits per heavy atom. The van der Waals surface area contributed by atoms with Crippen LogP contribution in [0.15, 0.2) is 0 Å². The zero-order valence-corrected chi connectivity index (χ0v) is 10.3. The molecule has 94 valence electrons. The summed E-state index contributed by atoms with van der Waals surface area (Å²) >= 11 is 0. The summed E-state index contributed by atoms with van der Waals surface area (Å²) in [6.45, 7) is 6.85. The first-order valence-electron chi connectivity index (χ1n) is 5.66. The van der Waals surface area contributed by atoms with Gasteiger partial charge in [0.25, 0.3) is 0 Å². The minimum Gasteiger partial charge on any atom is -0.394 e. The first kappa shape index (κ1) is 13.4. The van der Waals surface area contributed by atoms with Gasteiger partial charge in [0.2, 0.25) is 5.91 Å². The van der Waals surface area contributed by atoms with Gasteiger partial charge in [0, 0.05) is 19.6 Å². The summed E-state index contributed by atoms with van der Waals surface area (Å²) in [7, 11) is 0. The lowest BCUT2D eigenvalue weighted by molar-refractivity contribution is -0.155. The van der Waals surface area contributed by atoms with E-state index < -0.39 is 5.41 Å². The fourth-order valence-corrected chi connectivity index (χ4v) is 1.83. The van der Waals surface area contributed by atoms with E-state index in [1.807, 2.05) is 20.8 Å². The third-order valence-corrected chi connectivity index (χ3v) is 2.91. The van der Waals surface area contributed by atoms with E-state index >= 15 is 0 Å². The molecule has 0 spiro atoms. The van der Waals surface area contributed by atoms with Crippen LogP contribution in [0.5, 0.6) is 0 Å². The van der Waals surface area contributed by atoms with Crippen molar-refractivity contribution < 1.29 is 14.6 Å². The SMILES string of the molecule is CC1CN(C(=O)C(C)(C)CN)CC(CO)O1. The minimum atomic E-state index is -0.545. The van der Waals surface area contributed by atoms with E-state index in [1.165, 1.54) is 0 Å². The van der Waals surface area contributed by atoms with Crippen molar-refractivity contribution in [3.8, 4) is 0 Å². The minimum absolute atomic E-state index is 0.0311. The van der Waals surface area contributed by atoms with E-state index in [1.54, 1.807) is 4.90 Å². The second kappa shape index (κ2) is 5.12. The molecule has 0 aliphatic carbocycles. The Hall–Kier alpha value is -0.650. The van der Waals surface area contributed by atoms with Gasteiger partial charge in [-0.3, -0.25) is 4.79 Å². The summed E-state index contributed by atoms with van der Waals surface area (Å²) in [5.41, 5.74) is 5.04. The largest absolute Gasteiger partial charge is 0.394 e. The summed E-state index contributed by atoms with van der Waals surface area (Å²) in [6, 6.07) is 0. The number of ether oxygens (including phenoxy) is 1. The molecule has 0 bridgehead atoms. The number of hydrogen-bond acceptors (Lipinski definition) is 4. The van der Waals surface area contributed by atoms with Gasteiger partial charge in [0.1, 0.15) is 0 Å². The number of morpholine rings is 1. The van der Waals surface area contributed by atoms with E-state index in [0.717, 1.165) is 0 Å². The molecule has 1 aliphatic rings. The fourth-order valence-electron chi connectivity index (χ4n) is 1.83. The van der Waals surface area contributed by atoms with Gasteiger partial charge >= 0.3 is 0 Å². The molecule has 1 fully saturated rings. The van der Waals surface area contributed by atoms with E-state index in [0.29, 0.717) is 19.6 Å². The number of aliphatic hydroxyl groups is 1. The van der Waals surface area contributed by atoms with Crippen LogP contribution >= 0.6 is 0 Å². The molecule has 0 aromatic carbocycles. The zero-order chi connectivity index (χ0) is 12.3. The van der Waals surface area contributed by atoms with E-state index in [-0.39, 0.29) is 24.7 Å². The first-order valence-corrected chi connectivity index (χ1v) is 5.66. The van der Waals surface area contributed by atoms with Crippen molar-refractivity contribution in [2.24, 2.45) is 11.1 Å². The molecule has 16 heavy (non-hydrogen) atoms. The van der Waals surface area contributed by atoms with Gasteiger partial charge in [0.05, 0.1) is 24.2 Å². The highest BCUT2D eigenvalue weighted by Gasteiger charge is 2.35. The normalized spacial score (nSPS) is 26.9. The van der Waals surface area contributed by atoms with Gasteiger partial charge in [-0.05, 0) is 20.8 Å². The number of nitrogens with zero attached hydrogens (tertiary/aromatic N) is 1. The van der Waals surface area contributed by atoms with Crippen molar-refractivity contribution in [2.45, 2.75) is 33.0 Å². The van der Waals surface area contributed by atoms with Crippen LogP contribution in [0.2, 0.25) is 0 Å². The lowest BCUT2D eigenvalue weighted by Gasteiger charge is -2.39. The summed E-state index contributed by atoms with van der Waals surface area (Å²) in [6.07, 6.45) is -0.315. The van der Waals surface area contributed by atoms with Crippen LogP contribution < -0.4 is 5.73 Å². The molecule has 1 rings (SSSR count). The standard InChI is InChI=1S/C11H22N2O3/c1-8-4-13(5-9(6-14)16-8)10(15)11(2,3)7-12/h8-9,14H,4-7,12H2,1-3H3. The number of hydrogen-bond donors (Lipinski definition) is 2. The van der Waals surface area contributed by atoms with Gasteiger partial charge in [-0.25, -0.2) is 0 Å². The van der Waals surface area contributed by atoms with Crippen molar-refractivity contribution >= 4 is 5.91 Å². The monoisotopic (exact) mass is 230 g/mol. The first-order chi connectivity index (χ1) is 7.40. The van der Waals surface area contributed by atoms with Crippen LogP contribution in [0.25, 0.3) is 0 Å². The molecule has 1 saturated heterocycles. The summed E-state index contributed by atoms with van der Waals surface area (Å²) in [4.78, 5) is 13.9. The lowest BCUT2D eigenvalue weighted by atomic mass is 9.91. The predicted molar refractivity (Wildman–Crippen MR) is 60.8 cm³/mol. The highest BCUT2D eigenvalue weighted by atomic mass is 16.5. The maximum Gasteiger partial charge on any atom is 0.229 e. The average Bonchev–Trinajstić information content (AvgIpc) is 2.27. The Bertz CT molecular complexity index is 256. The van der Waals surface area contributed by atoms with Crippen molar-refractivity contribution in [1.82, 2.24) is 4.90 Å². The molecular weight excluding hydrogens is 208 g/mol.